The van der Waals surface area contributed by atoms with E-state index in [1.54, 1.807) is 18.3 Å². The fourth-order valence-electron chi connectivity index (χ4n) is 3.33. The van der Waals surface area contributed by atoms with Crippen molar-refractivity contribution in [3.63, 3.8) is 0 Å². The molecule has 31 heavy (non-hydrogen) atoms. The van der Waals surface area contributed by atoms with Gasteiger partial charge in [-0.15, -0.1) is 0 Å². The van der Waals surface area contributed by atoms with Crippen LogP contribution in [-0.2, 0) is 27.9 Å². The summed E-state index contributed by atoms with van der Waals surface area (Å²) in [6.45, 7) is 6.37. The van der Waals surface area contributed by atoms with Gasteiger partial charge < -0.3 is 19.4 Å². The number of piperazine rings is 1. The van der Waals surface area contributed by atoms with E-state index in [4.69, 9.17) is 9.15 Å². The first-order valence-corrected chi connectivity index (χ1v) is 12.2. The first-order chi connectivity index (χ1) is 15.1. The lowest BCUT2D eigenvalue weighted by molar-refractivity contribution is -0.118. The maximum atomic E-state index is 11.9. The number of carbonyl (C=O) groups excluding carboxylic acids is 1. The van der Waals surface area contributed by atoms with E-state index in [9.17, 15) is 9.00 Å². The molecule has 3 rings (SSSR count). The maximum Gasteiger partial charge on any atom is 0.232 e. The Morgan fingerprint density at radius 1 is 1.26 bits per heavy atom. The third-order valence-electron chi connectivity index (χ3n) is 5.12. The Hall–Kier alpha value is -2.23. The summed E-state index contributed by atoms with van der Waals surface area (Å²) in [5.74, 6) is 1.31. The van der Waals surface area contributed by atoms with Crippen molar-refractivity contribution in [1.82, 2.24) is 20.1 Å². The molecule has 1 fully saturated rings. The Balaban J connectivity index is 1.26. The Morgan fingerprint density at radius 2 is 2.10 bits per heavy atom. The second kappa shape index (κ2) is 12.6. The van der Waals surface area contributed by atoms with Crippen LogP contribution in [-0.4, -0.2) is 77.0 Å². The summed E-state index contributed by atoms with van der Waals surface area (Å²) in [6, 6.07) is 7.55. The molecule has 0 radical (unpaired) electrons. The molecule has 1 unspecified atom stereocenters. The molecule has 2 aromatic rings. The average Bonchev–Trinajstić information content (AvgIpc) is 3.25. The van der Waals surface area contributed by atoms with Crippen LogP contribution in [0.2, 0.25) is 0 Å². The first kappa shape index (κ1) is 23.4. The van der Waals surface area contributed by atoms with Crippen LogP contribution in [0.3, 0.4) is 0 Å². The zero-order valence-corrected chi connectivity index (χ0v) is 18.9. The topological polar surface area (TPSA) is 87.9 Å². The summed E-state index contributed by atoms with van der Waals surface area (Å²) in [4.78, 5) is 21.0. The van der Waals surface area contributed by atoms with Crippen LogP contribution in [0.5, 0.6) is 5.88 Å². The number of pyridine rings is 1. The van der Waals surface area contributed by atoms with Gasteiger partial charge in [0, 0.05) is 62.3 Å². The molecule has 1 N–H and O–H groups in total. The van der Waals surface area contributed by atoms with Gasteiger partial charge in [0.15, 0.2) is 0 Å². The summed E-state index contributed by atoms with van der Waals surface area (Å²) >= 11 is 0. The average molecular weight is 449 g/mol. The normalized spacial score (nSPS) is 16.2. The van der Waals surface area contributed by atoms with Crippen LogP contribution in [0, 0.1) is 0 Å². The molecular weight excluding hydrogens is 416 g/mol. The van der Waals surface area contributed by atoms with Crippen LogP contribution in [0.4, 0.5) is 0 Å². The van der Waals surface area contributed by atoms with Crippen LogP contribution in [0.25, 0.3) is 0 Å². The molecular formula is C22H32N4O4S. The van der Waals surface area contributed by atoms with Gasteiger partial charge in [0.05, 0.1) is 18.6 Å². The lowest BCUT2D eigenvalue weighted by Gasteiger charge is -2.32. The number of likely N-dealkylation sites (N-methyl/N-ethyl adjacent to an activating group) is 1. The van der Waals surface area contributed by atoms with Gasteiger partial charge in [0.2, 0.25) is 11.8 Å². The molecule has 2 aromatic heterocycles. The molecule has 8 nitrogen and oxygen atoms in total. The minimum Gasteiger partial charge on any atom is -0.478 e. The van der Waals surface area contributed by atoms with Crippen molar-refractivity contribution in [2.45, 2.75) is 25.1 Å². The highest BCUT2D eigenvalue weighted by atomic mass is 32.2. The van der Waals surface area contributed by atoms with Gasteiger partial charge in [-0.05, 0) is 43.7 Å². The highest BCUT2D eigenvalue weighted by molar-refractivity contribution is 7.84. The number of nitrogens with one attached hydrogen (secondary N) is 1. The summed E-state index contributed by atoms with van der Waals surface area (Å²) in [7, 11) is 0.892. The predicted molar refractivity (Wildman–Crippen MR) is 120 cm³/mol. The number of unbranched alkanes of at least 4 members (excludes halogenated alkanes) is 1. The van der Waals surface area contributed by atoms with Gasteiger partial charge in [-0.1, -0.05) is 0 Å². The Kier molecular flexibility index (Phi) is 9.51. The third-order valence-corrected chi connectivity index (χ3v) is 6.31. The van der Waals surface area contributed by atoms with Gasteiger partial charge in [0.25, 0.3) is 0 Å². The van der Waals surface area contributed by atoms with Crippen molar-refractivity contribution in [2.75, 3.05) is 52.1 Å². The quantitative estimate of drug-likeness (QED) is 0.494. The number of hydrogen-bond acceptors (Lipinski definition) is 7. The lowest BCUT2D eigenvalue weighted by Crippen LogP contribution is -2.43. The summed E-state index contributed by atoms with van der Waals surface area (Å²) in [5, 5.41) is 2.81. The van der Waals surface area contributed by atoms with Gasteiger partial charge in [-0.2, -0.15) is 0 Å². The SMILES string of the molecule is CN1CCN(Cc2ccnc(OCCCCNC(=O)CS(=O)Cc3ccco3)c2)CC1. The number of amides is 1. The van der Waals surface area contributed by atoms with E-state index in [2.05, 4.69) is 27.1 Å². The van der Waals surface area contributed by atoms with Gasteiger partial charge in [-0.3, -0.25) is 13.9 Å². The van der Waals surface area contributed by atoms with Gasteiger partial charge in [0.1, 0.15) is 11.5 Å². The smallest absolute Gasteiger partial charge is 0.232 e. The Bertz CT molecular complexity index is 823. The van der Waals surface area contributed by atoms with E-state index in [0.29, 0.717) is 24.8 Å². The van der Waals surface area contributed by atoms with E-state index in [-0.39, 0.29) is 17.4 Å². The minimum absolute atomic E-state index is 0.0127. The van der Waals surface area contributed by atoms with E-state index in [1.807, 2.05) is 12.1 Å². The second-order valence-electron chi connectivity index (χ2n) is 7.80. The molecule has 9 heteroatoms. The number of ether oxygens (including phenoxy) is 1. The highest BCUT2D eigenvalue weighted by Gasteiger charge is 2.14. The number of carbonyl (C=O) groups is 1. The molecule has 0 spiro atoms. The molecule has 170 valence electrons. The van der Waals surface area contributed by atoms with Crippen molar-refractivity contribution in [3.8, 4) is 5.88 Å². The van der Waals surface area contributed by atoms with E-state index in [1.165, 1.54) is 11.8 Å². The van der Waals surface area contributed by atoms with Crippen LogP contribution >= 0.6 is 0 Å². The molecule has 0 saturated carbocycles. The summed E-state index contributed by atoms with van der Waals surface area (Å²) in [6.07, 6.45) is 4.93. The monoisotopic (exact) mass is 448 g/mol. The molecule has 1 atom stereocenters. The fraction of sp³-hybridized carbons (Fsp3) is 0.545. The third kappa shape index (κ3) is 8.80. The molecule has 0 aliphatic carbocycles. The number of rotatable bonds is 12. The predicted octanol–water partition coefficient (Wildman–Crippen LogP) is 1.65. The van der Waals surface area contributed by atoms with E-state index < -0.39 is 10.8 Å². The number of furan rings is 1. The van der Waals surface area contributed by atoms with Crippen molar-refractivity contribution in [1.29, 1.82) is 0 Å². The molecule has 3 heterocycles. The van der Waals surface area contributed by atoms with Gasteiger partial charge >= 0.3 is 0 Å². The Labute approximate surface area is 186 Å². The summed E-state index contributed by atoms with van der Waals surface area (Å²) < 4.78 is 22.9. The number of nitrogens with zero attached hydrogens (tertiary/aromatic N) is 3. The first-order valence-electron chi connectivity index (χ1n) is 10.7. The number of aromatic nitrogens is 1. The second-order valence-corrected chi connectivity index (χ2v) is 9.25. The zero-order valence-electron chi connectivity index (χ0n) is 18.1. The minimum atomic E-state index is -1.26. The van der Waals surface area contributed by atoms with E-state index >= 15 is 0 Å². The standard InChI is InChI=1S/C22H32N4O4S/c1-25-9-11-26(12-10-25)16-19-6-8-24-22(15-19)30-13-3-2-7-23-21(27)18-31(28)17-20-5-4-14-29-20/h4-6,8,14-15H,2-3,7,9-13,16-18H2,1H3,(H,23,27). The van der Waals surface area contributed by atoms with Crippen LogP contribution in [0.15, 0.2) is 41.1 Å². The van der Waals surface area contributed by atoms with Gasteiger partial charge in [-0.25, -0.2) is 4.98 Å². The molecule has 0 bridgehead atoms. The molecule has 1 aliphatic rings. The molecule has 1 amide bonds. The zero-order chi connectivity index (χ0) is 21.9. The molecule has 1 saturated heterocycles. The maximum absolute atomic E-state index is 11.9. The van der Waals surface area contributed by atoms with Crippen molar-refractivity contribution < 1.29 is 18.2 Å². The fourth-order valence-corrected chi connectivity index (χ4v) is 4.30. The van der Waals surface area contributed by atoms with Crippen molar-refractivity contribution >= 4 is 16.7 Å². The van der Waals surface area contributed by atoms with Crippen LogP contribution in [0.1, 0.15) is 24.2 Å². The Morgan fingerprint density at radius 3 is 2.87 bits per heavy atom. The lowest BCUT2D eigenvalue weighted by atomic mass is 10.2. The van der Waals surface area contributed by atoms with Crippen molar-refractivity contribution in [3.05, 3.63) is 48.0 Å². The van der Waals surface area contributed by atoms with Crippen molar-refractivity contribution in [2.24, 2.45) is 0 Å². The molecule has 1 aliphatic heterocycles. The largest absolute Gasteiger partial charge is 0.478 e. The molecule has 0 aromatic carbocycles. The number of hydrogen-bond donors (Lipinski definition) is 1. The highest BCUT2D eigenvalue weighted by Crippen LogP contribution is 2.13. The summed E-state index contributed by atoms with van der Waals surface area (Å²) in [5.41, 5.74) is 1.21. The van der Waals surface area contributed by atoms with Crippen LogP contribution < -0.4 is 10.1 Å². The van der Waals surface area contributed by atoms with E-state index in [0.717, 1.165) is 45.6 Å².